The van der Waals surface area contributed by atoms with Crippen molar-refractivity contribution in [2.75, 3.05) is 46.8 Å². The summed E-state index contributed by atoms with van der Waals surface area (Å²) in [5.74, 6) is 2.32. The first-order valence-electron chi connectivity index (χ1n) is 48.9. The Bertz CT molecular complexity index is 5940. The van der Waals surface area contributed by atoms with Gasteiger partial charge in [-0.05, 0) is 229 Å². The maximum absolute atomic E-state index is 11.6. The van der Waals surface area contributed by atoms with Gasteiger partial charge >= 0.3 is 30.1 Å². The summed E-state index contributed by atoms with van der Waals surface area (Å²) in [4.78, 5) is 85.5. The lowest BCUT2D eigenvalue weighted by Crippen LogP contribution is -2.31. The second-order valence-electron chi connectivity index (χ2n) is 39.3. The second-order valence-corrected chi connectivity index (χ2v) is 40.0. The number of methoxy groups -OCH3 is 1. The van der Waals surface area contributed by atoms with Crippen molar-refractivity contribution in [3.63, 3.8) is 0 Å². The zero-order chi connectivity index (χ0) is 103. The van der Waals surface area contributed by atoms with Crippen molar-refractivity contribution in [2.24, 2.45) is 5.41 Å². The maximum Gasteiger partial charge on any atom is 0.320 e. The molecule has 0 spiro atoms. The number of ether oxygens (including phenoxy) is 11. The molecular weight excluding hydrogens is 2200 g/mol. The number of hydrogen-bond donors (Lipinski definition) is 17. The predicted molar refractivity (Wildman–Crippen MR) is 556 cm³/mol. The van der Waals surface area contributed by atoms with E-state index in [2.05, 4.69) is 129 Å². The van der Waals surface area contributed by atoms with E-state index in [1.54, 1.807) is 62.4 Å². The number of anilines is 7. The van der Waals surface area contributed by atoms with Gasteiger partial charge in [0, 0.05) is 6.92 Å². The van der Waals surface area contributed by atoms with E-state index >= 15 is 0 Å². The van der Waals surface area contributed by atoms with E-state index in [1.165, 1.54) is 41.8 Å². The molecule has 10 fully saturated rings. The summed E-state index contributed by atoms with van der Waals surface area (Å²) < 4.78 is 70.7. The van der Waals surface area contributed by atoms with Crippen molar-refractivity contribution in [3.8, 4) is 35.8 Å². The molecule has 20 atom stereocenters. The van der Waals surface area contributed by atoms with Gasteiger partial charge in [-0.15, -0.1) is 48.0 Å². The maximum atomic E-state index is 11.6. The van der Waals surface area contributed by atoms with Gasteiger partial charge in [0.05, 0.1) is 44.0 Å². The zero-order valence-corrected chi connectivity index (χ0v) is 89.8. The molecule has 53 heteroatoms. The number of aromatic nitrogens is 20. The van der Waals surface area contributed by atoms with Gasteiger partial charge < -0.3 is 142 Å². The third kappa shape index (κ3) is 25.8. The summed E-state index contributed by atoms with van der Waals surface area (Å²) in [5.41, 5.74) is 41.4. The molecule has 0 unspecified atom stereocenters. The Kier molecular flexibility index (Phi) is 37.8. The zero-order valence-electron chi connectivity index (χ0n) is 83.6. The van der Waals surface area contributed by atoms with Gasteiger partial charge in [-0.2, -0.15) is 49.8 Å². The minimum atomic E-state index is -1.24. The Hall–Kier alpha value is -9.95. The SMILES string of the molecule is CC(=O)Nc1nc2c(N)nc(OC3CCCC3)nc2n1[C@@H]1O[C@H](C)[C@@H](O)[C@H]1O.CC(C)=O.COc1ccc(CC(C)(C)C)cc1.C[C@H]1O[C@@H](n2c(Br)nc3c(N)nc(OC4CCCC4)nc32)[C@H](O)[C@@H]1O.C[C@H]1O[C@@H](n2c(N)nc3c(N)nc(OC4CCCC4)nc32)[C@H](O)[C@@H]1O.C[C@H]1O[C@@H](n2cnc3c(N)nc(OC4CCCC4)nc32)[C@H](O)[C@@H]1O.Cc1nc2c(N)nc(OC3CCCC3)nc2n1[C@@H]1O[C@H](C)[C@@H](O)[C@H]1O.I.I. The molecule has 802 valence electrons. The minimum Gasteiger partial charge on any atom is -0.497 e. The molecule has 5 aliphatic heterocycles. The molecule has 5 saturated carbocycles. The van der Waals surface area contributed by atoms with Gasteiger partial charge in [0.2, 0.25) is 17.8 Å². The number of fused-ring (bicyclic) bond motifs is 5. The highest BCUT2D eigenvalue weighted by atomic mass is 127. The van der Waals surface area contributed by atoms with E-state index in [0.29, 0.717) is 60.6 Å². The summed E-state index contributed by atoms with van der Waals surface area (Å²) in [6, 6.07) is 9.14. The molecule has 50 nitrogen and oxygen atoms in total. The molecular formula is C93H136BrI2N27O23. The van der Waals surface area contributed by atoms with Crippen molar-refractivity contribution < 1.29 is 113 Å². The second kappa shape index (κ2) is 48.8. The number of amides is 1. The summed E-state index contributed by atoms with van der Waals surface area (Å²) in [6.07, 6.45) is 6.07. The Labute approximate surface area is 882 Å². The minimum absolute atomic E-state index is 0. The van der Waals surface area contributed by atoms with Crippen LogP contribution in [0.15, 0.2) is 35.3 Å². The number of nitrogens with two attached hydrogens (primary N) is 6. The number of carbonyl (C=O) groups excluding carboxylic acids is 2. The van der Waals surface area contributed by atoms with Crippen molar-refractivity contribution >= 4 is 172 Å². The fourth-order valence-corrected chi connectivity index (χ4v) is 19.5. The van der Waals surface area contributed by atoms with Crippen LogP contribution in [0.5, 0.6) is 35.8 Å². The lowest BCUT2D eigenvalue weighted by Gasteiger charge is -2.19. The topological polar surface area (TPSA) is 724 Å². The van der Waals surface area contributed by atoms with Crippen LogP contribution in [0.4, 0.5) is 41.0 Å². The van der Waals surface area contributed by atoms with Crippen LogP contribution in [0.1, 0.15) is 247 Å². The summed E-state index contributed by atoms with van der Waals surface area (Å²) >= 11 is 3.35. The van der Waals surface area contributed by atoms with Crippen molar-refractivity contribution in [1.82, 2.24) is 97.6 Å². The smallest absolute Gasteiger partial charge is 0.320 e. The van der Waals surface area contributed by atoms with E-state index < -0.39 is 123 Å². The van der Waals surface area contributed by atoms with Gasteiger partial charge in [0.25, 0.3) is 0 Å². The molecule has 1 aromatic carbocycles. The highest BCUT2D eigenvalue weighted by Crippen LogP contribution is 2.43. The number of halogens is 3. The third-order valence-corrected chi connectivity index (χ3v) is 27.1. The van der Waals surface area contributed by atoms with Gasteiger partial charge in [0.1, 0.15) is 109 Å². The number of carbonyl (C=O) groups is 2. The lowest BCUT2D eigenvalue weighted by atomic mass is 9.88. The summed E-state index contributed by atoms with van der Waals surface area (Å²) in [6.45, 7) is 21.3. The Morgan fingerprint density at radius 3 is 1.01 bits per heavy atom. The fourth-order valence-electron chi connectivity index (χ4n) is 19.0. The van der Waals surface area contributed by atoms with E-state index in [-0.39, 0.29) is 172 Å². The van der Waals surface area contributed by atoms with Crippen LogP contribution < -0.4 is 68.1 Å². The Balaban J connectivity index is 0.000000146. The first-order valence-corrected chi connectivity index (χ1v) is 49.7. The number of aliphatic hydroxyl groups excluding tert-OH is 10. The molecule has 5 saturated heterocycles. The summed E-state index contributed by atoms with van der Waals surface area (Å²) in [7, 11) is 1.69. The molecule has 0 bridgehead atoms. The molecule has 0 radical (unpaired) electrons. The van der Waals surface area contributed by atoms with Crippen molar-refractivity contribution in [3.05, 3.63) is 46.7 Å². The number of rotatable bonds is 18. The quantitative estimate of drug-likeness (QED) is 0.0291. The van der Waals surface area contributed by atoms with Crippen molar-refractivity contribution in [1.29, 1.82) is 0 Å². The predicted octanol–water partition coefficient (Wildman–Crippen LogP) is 7.57. The van der Waals surface area contributed by atoms with Gasteiger partial charge in [-0.25, -0.2) is 24.9 Å². The largest absolute Gasteiger partial charge is 0.497 e. The first-order chi connectivity index (χ1) is 68.5. The van der Waals surface area contributed by atoms with E-state index in [0.717, 1.165) is 141 Å². The number of ketones is 1. The first kappa shape index (κ1) is 113. The molecule has 146 heavy (non-hydrogen) atoms. The normalized spacial score (nSPS) is 27.3. The van der Waals surface area contributed by atoms with Gasteiger partial charge in [0.15, 0.2) is 121 Å². The van der Waals surface area contributed by atoms with E-state index in [9.17, 15) is 60.7 Å². The van der Waals surface area contributed by atoms with Crippen LogP contribution >= 0.6 is 63.9 Å². The number of aliphatic hydroxyl groups is 10. The average molecular weight is 2330 g/mol. The van der Waals surface area contributed by atoms with Crippen LogP contribution in [0, 0.1) is 12.3 Å². The van der Waals surface area contributed by atoms with Crippen LogP contribution in [0.2, 0.25) is 0 Å². The molecule has 15 heterocycles. The number of Topliss-reactive ketones (excluding diaryl/α,β-unsaturated/α-hetero) is 1. The Morgan fingerprint density at radius 2 is 0.678 bits per heavy atom. The number of nitrogens with zero attached hydrogens (tertiary/aromatic N) is 20. The van der Waals surface area contributed by atoms with E-state index in [1.807, 2.05) is 12.1 Å². The molecule has 1 amide bonds. The van der Waals surface area contributed by atoms with Crippen molar-refractivity contribution in [2.45, 2.75) is 371 Å². The molecule has 5 aliphatic carbocycles. The molecule has 23 N–H and O–H groups in total. The number of imidazole rings is 5. The third-order valence-electron chi connectivity index (χ3n) is 26.5. The standard InChI is InChI=1S/C17H24N6O5.C16H23N5O4.C15H20BrN5O4.C15H22N6O4.C15H21N5O4.C12H18O.C3H6O.2HI/c1-7-11(25)12(26)15(27-7)23-14-10(20-16(23)19-8(2)24)13(18)21-17(22-14)28-9-5-3-4-6-9;1-7-11(22)12(23)15(24-7)21-8(2)18-10-13(17)19-16(20-14(10)21)25-9-5-3-4-6-9;1-6-9(22)10(23)13(24-6)21-12-8(18-14(21)16)11(17)19-15(20-12)25-7-4-2-3-5-7;1-6-9(22)10(23)13(24-6)21-12-8(18-14(21)17)11(16)19-15(20-12)25-7-4-2-3-5-7;1-7-10(21)11(22)14(23-7)20-6-17-9-12(16)18-15(19-13(9)20)24-8-4-2-3-5-8;1-12(2,3)9-10-5-7-11(13-4)8-6-10;1-3(2)4;;/h7,9,11-12,15,25-26H,3-6H2,1-2H3,(H2,18,21,22)(H,19,20,24);7,9,11-12,15,22-23H,3-6H2,1-2H3,(H2,17,19,20);6-7,9-10,13,22-23H,2-5H2,1H3,(H2,17,19,20);6-7,9-10,13,22-23H,2-5H2,1H3,(H2,17,18)(H2,16,19,20);6-8,10-11,14,21-22H,2-5H2,1H3,(H2,16,18,19);5-8H,9H2,1-4H3;1-2H3;2*1H/t2*7-,11-,12-,15-;2*6-,9-,10-,13-;7-,10-,11-,14-;;;;/m11111..../s1. The fraction of sp³-hybridized carbons (Fsp3) is 0.645. The van der Waals surface area contributed by atoms with Crippen LogP contribution in [-0.4, -0.2) is 290 Å². The Morgan fingerprint density at radius 1 is 0.390 bits per heavy atom. The number of hydrogen-bond acceptors (Lipinski definition) is 44. The monoisotopic (exact) mass is 2330 g/mol. The number of nitrogens with one attached hydrogen (secondary N) is 1. The molecule has 10 aromatic heterocycles. The molecule has 21 rings (SSSR count). The average Bonchev–Trinajstić information content (AvgIpc) is 1.63. The van der Waals surface area contributed by atoms with Crippen LogP contribution in [-0.2, 0) is 39.7 Å². The summed E-state index contributed by atoms with van der Waals surface area (Å²) in [5, 5.41) is 104. The van der Waals surface area contributed by atoms with E-state index in [4.69, 9.17) is 86.5 Å². The van der Waals surface area contributed by atoms with Crippen LogP contribution in [0.3, 0.4) is 0 Å². The highest BCUT2D eigenvalue weighted by molar-refractivity contribution is 14.0. The number of nitrogen functional groups attached to an aromatic ring is 6. The highest BCUT2D eigenvalue weighted by Gasteiger charge is 2.49. The lowest BCUT2D eigenvalue weighted by molar-refractivity contribution is -0.115. The van der Waals surface area contributed by atoms with Gasteiger partial charge in [-0.3, -0.25) is 32.9 Å². The molecule has 10 aliphatic rings. The van der Waals surface area contributed by atoms with Crippen LogP contribution in [0.25, 0.3) is 55.8 Å². The number of aryl methyl sites for hydroxylation is 1. The number of benzene rings is 1. The molecule has 11 aromatic rings. The van der Waals surface area contributed by atoms with Gasteiger partial charge in [-0.1, -0.05) is 32.9 Å².